The number of amides is 2. The standard InChI is InChI=1S/C17H22ClN3O2/c1-4-10-19-16(22)12(2)20(3)15-9-11-21(17(15)23)14-8-6-5-7-13(14)18/h4-8,12,15H,1,9-11H2,2-3H3,(H,19,22). The molecule has 2 unspecified atom stereocenters. The van der Waals surface area contributed by atoms with E-state index >= 15 is 0 Å². The number of rotatable bonds is 6. The summed E-state index contributed by atoms with van der Waals surface area (Å²) in [5.41, 5.74) is 0.721. The first-order valence-corrected chi connectivity index (χ1v) is 8.01. The minimum Gasteiger partial charge on any atom is -0.351 e. The number of carbonyl (C=O) groups excluding carboxylic acids is 2. The Morgan fingerprint density at radius 2 is 2.26 bits per heavy atom. The summed E-state index contributed by atoms with van der Waals surface area (Å²) >= 11 is 6.19. The zero-order valence-corrected chi connectivity index (χ0v) is 14.2. The molecule has 23 heavy (non-hydrogen) atoms. The van der Waals surface area contributed by atoms with Gasteiger partial charge in [-0.2, -0.15) is 0 Å². The highest BCUT2D eigenvalue weighted by molar-refractivity contribution is 6.33. The first kappa shape index (κ1) is 17.5. The number of nitrogens with zero attached hydrogens (tertiary/aromatic N) is 2. The first-order chi connectivity index (χ1) is 11.0. The molecule has 0 saturated carbocycles. The molecule has 1 heterocycles. The maximum atomic E-state index is 12.7. The van der Waals surface area contributed by atoms with E-state index in [0.29, 0.717) is 24.5 Å². The molecule has 1 fully saturated rings. The van der Waals surface area contributed by atoms with Crippen LogP contribution in [0.1, 0.15) is 13.3 Å². The summed E-state index contributed by atoms with van der Waals surface area (Å²) in [7, 11) is 1.80. The molecular formula is C17H22ClN3O2. The molecule has 0 spiro atoms. The molecule has 1 N–H and O–H groups in total. The van der Waals surface area contributed by atoms with Crippen LogP contribution >= 0.6 is 11.6 Å². The van der Waals surface area contributed by atoms with Gasteiger partial charge in [0.15, 0.2) is 0 Å². The fourth-order valence-corrected chi connectivity index (χ4v) is 2.97. The lowest BCUT2D eigenvalue weighted by atomic mass is 10.1. The lowest BCUT2D eigenvalue weighted by molar-refractivity contribution is -0.128. The molecule has 1 aliphatic heterocycles. The van der Waals surface area contributed by atoms with Crippen molar-refractivity contribution >= 4 is 29.1 Å². The van der Waals surface area contributed by atoms with E-state index < -0.39 is 6.04 Å². The van der Waals surface area contributed by atoms with E-state index in [9.17, 15) is 9.59 Å². The van der Waals surface area contributed by atoms with Crippen LogP contribution in [0.2, 0.25) is 5.02 Å². The summed E-state index contributed by atoms with van der Waals surface area (Å²) in [5, 5.41) is 3.32. The highest BCUT2D eigenvalue weighted by Crippen LogP contribution is 2.30. The van der Waals surface area contributed by atoms with Crippen LogP contribution in [0.4, 0.5) is 5.69 Å². The Labute approximate surface area is 141 Å². The number of halogens is 1. The van der Waals surface area contributed by atoms with Crippen molar-refractivity contribution < 1.29 is 9.59 Å². The van der Waals surface area contributed by atoms with Crippen LogP contribution in [0.25, 0.3) is 0 Å². The second kappa shape index (κ2) is 7.62. The fourth-order valence-electron chi connectivity index (χ4n) is 2.73. The average Bonchev–Trinajstić information content (AvgIpc) is 2.93. The number of anilines is 1. The van der Waals surface area contributed by atoms with Gasteiger partial charge in [0.25, 0.3) is 0 Å². The van der Waals surface area contributed by atoms with E-state index in [-0.39, 0.29) is 17.9 Å². The third-order valence-electron chi connectivity index (χ3n) is 4.22. The topological polar surface area (TPSA) is 52.7 Å². The molecule has 0 radical (unpaired) electrons. The van der Waals surface area contributed by atoms with Gasteiger partial charge in [0.1, 0.15) is 0 Å². The van der Waals surface area contributed by atoms with Crippen molar-refractivity contribution in [3.8, 4) is 0 Å². The summed E-state index contributed by atoms with van der Waals surface area (Å²) in [6, 6.07) is 6.58. The predicted molar refractivity (Wildman–Crippen MR) is 92.6 cm³/mol. The maximum absolute atomic E-state index is 12.7. The van der Waals surface area contributed by atoms with Gasteiger partial charge >= 0.3 is 0 Å². The Hall–Kier alpha value is -1.85. The van der Waals surface area contributed by atoms with Crippen LogP contribution in [-0.4, -0.2) is 48.9 Å². The van der Waals surface area contributed by atoms with Gasteiger partial charge in [-0.25, -0.2) is 0 Å². The van der Waals surface area contributed by atoms with Crippen LogP contribution in [0.3, 0.4) is 0 Å². The Balaban J connectivity index is 2.08. The fraction of sp³-hybridized carbons (Fsp3) is 0.412. The molecule has 0 aromatic heterocycles. The van der Waals surface area contributed by atoms with Crippen molar-refractivity contribution in [3.63, 3.8) is 0 Å². The number of hydrogen-bond donors (Lipinski definition) is 1. The summed E-state index contributed by atoms with van der Waals surface area (Å²) in [6.07, 6.45) is 2.30. The zero-order chi connectivity index (χ0) is 17.0. The van der Waals surface area contributed by atoms with E-state index in [2.05, 4.69) is 11.9 Å². The van der Waals surface area contributed by atoms with Gasteiger partial charge in [-0.15, -0.1) is 6.58 Å². The van der Waals surface area contributed by atoms with Crippen LogP contribution in [-0.2, 0) is 9.59 Å². The summed E-state index contributed by atoms with van der Waals surface area (Å²) in [4.78, 5) is 28.3. The molecule has 6 heteroatoms. The molecule has 1 aromatic carbocycles. The van der Waals surface area contributed by atoms with Crippen molar-refractivity contribution in [3.05, 3.63) is 41.9 Å². The van der Waals surface area contributed by atoms with Crippen LogP contribution in [0.15, 0.2) is 36.9 Å². The third kappa shape index (κ3) is 3.74. The van der Waals surface area contributed by atoms with Crippen LogP contribution < -0.4 is 10.2 Å². The Bertz CT molecular complexity index is 605. The zero-order valence-electron chi connectivity index (χ0n) is 13.5. The molecule has 1 saturated heterocycles. The van der Waals surface area contributed by atoms with Gasteiger partial charge in [0, 0.05) is 13.1 Å². The number of likely N-dealkylation sites (N-methyl/N-ethyl adjacent to an activating group) is 1. The quantitative estimate of drug-likeness (QED) is 0.810. The van der Waals surface area contributed by atoms with E-state index in [0.717, 1.165) is 5.69 Å². The lowest BCUT2D eigenvalue weighted by Crippen LogP contribution is -2.50. The van der Waals surface area contributed by atoms with E-state index in [4.69, 9.17) is 11.6 Å². The lowest BCUT2D eigenvalue weighted by Gasteiger charge is -2.28. The normalized spacial score (nSPS) is 19.0. The minimum atomic E-state index is -0.393. The van der Waals surface area contributed by atoms with Crippen LogP contribution in [0.5, 0.6) is 0 Å². The molecule has 2 amide bonds. The molecule has 124 valence electrons. The van der Waals surface area contributed by atoms with Crippen molar-refractivity contribution in [2.75, 3.05) is 25.0 Å². The van der Waals surface area contributed by atoms with Crippen molar-refractivity contribution in [1.29, 1.82) is 0 Å². The largest absolute Gasteiger partial charge is 0.351 e. The molecule has 0 bridgehead atoms. The average molecular weight is 336 g/mol. The van der Waals surface area contributed by atoms with E-state index in [1.54, 1.807) is 31.0 Å². The second-order valence-electron chi connectivity index (χ2n) is 5.62. The molecular weight excluding hydrogens is 314 g/mol. The Morgan fingerprint density at radius 3 is 2.91 bits per heavy atom. The number of hydrogen-bond acceptors (Lipinski definition) is 3. The SMILES string of the molecule is C=CCNC(=O)C(C)N(C)C1CCN(c2ccccc2Cl)C1=O. The Kier molecular flexibility index (Phi) is 5.80. The molecule has 1 aromatic rings. The van der Waals surface area contributed by atoms with Gasteiger partial charge in [-0.05, 0) is 32.5 Å². The first-order valence-electron chi connectivity index (χ1n) is 7.63. The van der Waals surface area contributed by atoms with Crippen molar-refractivity contribution in [2.24, 2.45) is 0 Å². The van der Waals surface area contributed by atoms with Gasteiger partial charge in [0.05, 0.1) is 22.8 Å². The van der Waals surface area contributed by atoms with Gasteiger partial charge in [-0.3, -0.25) is 14.5 Å². The predicted octanol–water partition coefficient (Wildman–Crippen LogP) is 2.07. The highest BCUT2D eigenvalue weighted by atomic mass is 35.5. The number of carbonyl (C=O) groups is 2. The minimum absolute atomic E-state index is 0.0241. The smallest absolute Gasteiger partial charge is 0.244 e. The third-order valence-corrected chi connectivity index (χ3v) is 4.54. The molecule has 1 aliphatic rings. The number of para-hydroxylation sites is 1. The summed E-state index contributed by atoms with van der Waals surface area (Å²) < 4.78 is 0. The monoisotopic (exact) mass is 335 g/mol. The highest BCUT2D eigenvalue weighted by Gasteiger charge is 2.38. The summed E-state index contributed by atoms with van der Waals surface area (Å²) in [6.45, 7) is 6.39. The molecule has 5 nitrogen and oxygen atoms in total. The van der Waals surface area contributed by atoms with Crippen LogP contribution in [0, 0.1) is 0 Å². The van der Waals surface area contributed by atoms with E-state index in [1.165, 1.54) is 0 Å². The van der Waals surface area contributed by atoms with E-state index in [1.807, 2.05) is 23.1 Å². The van der Waals surface area contributed by atoms with Crippen molar-refractivity contribution in [2.45, 2.75) is 25.4 Å². The Morgan fingerprint density at radius 1 is 1.57 bits per heavy atom. The molecule has 0 aliphatic carbocycles. The van der Waals surface area contributed by atoms with Gasteiger partial charge in [0.2, 0.25) is 11.8 Å². The number of benzene rings is 1. The number of nitrogens with one attached hydrogen (secondary N) is 1. The maximum Gasteiger partial charge on any atom is 0.244 e. The summed E-state index contributed by atoms with van der Waals surface area (Å²) in [5.74, 6) is -0.139. The van der Waals surface area contributed by atoms with Gasteiger partial charge in [-0.1, -0.05) is 29.8 Å². The second-order valence-corrected chi connectivity index (χ2v) is 6.03. The van der Waals surface area contributed by atoms with Gasteiger partial charge < -0.3 is 10.2 Å². The molecule has 2 rings (SSSR count). The molecule has 2 atom stereocenters. The van der Waals surface area contributed by atoms with Crippen molar-refractivity contribution in [1.82, 2.24) is 10.2 Å².